The van der Waals surface area contributed by atoms with Gasteiger partial charge in [-0.25, -0.2) is 12.7 Å². The number of nitrogens with one attached hydrogen (secondary N) is 1. The Hall–Kier alpha value is -1.80. The number of benzene rings is 2. The molecule has 0 unspecified atom stereocenters. The number of hydrogen-bond acceptors (Lipinski definition) is 4. The smallest absolute Gasteiger partial charge is 0.228 e. The predicted octanol–water partition coefficient (Wildman–Crippen LogP) is 4.18. The molecule has 0 aromatic heterocycles. The highest BCUT2D eigenvalue weighted by Gasteiger charge is 2.33. The van der Waals surface area contributed by atoms with Gasteiger partial charge < -0.3 is 10.1 Å². The Labute approximate surface area is 180 Å². The highest BCUT2D eigenvalue weighted by molar-refractivity contribution is 7.88. The largest absolute Gasteiger partial charge is 0.495 e. The van der Waals surface area contributed by atoms with Gasteiger partial charge in [0.25, 0.3) is 0 Å². The molecule has 2 aromatic rings. The molecule has 6 nitrogen and oxygen atoms in total. The van der Waals surface area contributed by atoms with Crippen molar-refractivity contribution in [2.75, 3.05) is 25.5 Å². The molecule has 29 heavy (non-hydrogen) atoms. The number of hydrogen-bond donors (Lipinski definition) is 1. The lowest BCUT2D eigenvalue weighted by Crippen LogP contribution is -2.44. The van der Waals surface area contributed by atoms with E-state index in [1.54, 1.807) is 36.4 Å². The summed E-state index contributed by atoms with van der Waals surface area (Å²) in [4.78, 5) is 12.7. The van der Waals surface area contributed by atoms with Crippen LogP contribution in [0.1, 0.15) is 18.4 Å². The van der Waals surface area contributed by atoms with Crippen LogP contribution in [0, 0.1) is 5.92 Å². The van der Waals surface area contributed by atoms with Crippen molar-refractivity contribution in [3.63, 3.8) is 0 Å². The molecule has 0 bridgehead atoms. The van der Waals surface area contributed by atoms with Crippen LogP contribution in [0.3, 0.4) is 0 Å². The standard InChI is InChI=1S/C20H22Cl2N2O4S/c1-28-19-10-3-2-9-18(19)23-20(25)14-6-5-11-24(12-14)29(26,27)13-15-16(21)7-4-8-17(15)22/h2-4,7-10,14H,5-6,11-13H2,1H3,(H,23,25)/t14-/m0/s1. The van der Waals surface area contributed by atoms with Crippen LogP contribution in [0.2, 0.25) is 10.0 Å². The number of sulfonamides is 1. The number of rotatable bonds is 6. The van der Waals surface area contributed by atoms with Crippen LogP contribution in [0.15, 0.2) is 42.5 Å². The number of methoxy groups -OCH3 is 1. The summed E-state index contributed by atoms with van der Waals surface area (Å²) in [6.45, 7) is 0.480. The third-order valence-corrected chi connectivity index (χ3v) is 7.38. The van der Waals surface area contributed by atoms with E-state index in [2.05, 4.69) is 5.32 Å². The fourth-order valence-corrected chi connectivity index (χ4v) is 5.70. The van der Waals surface area contributed by atoms with E-state index in [4.69, 9.17) is 27.9 Å². The first-order chi connectivity index (χ1) is 13.8. The Bertz CT molecular complexity index is 977. The molecule has 1 heterocycles. The van der Waals surface area contributed by atoms with Crippen molar-refractivity contribution >= 4 is 44.8 Å². The number of carbonyl (C=O) groups is 1. The van der Waals surface area contributed by atoms with Gasteiger partial charge in [-0.1, -0.05) is 41.4 Å². The highest BCUT2D eigenvalue weighted by Crippen LogP contribution is 2.30. The van der Waals surface area contributed by atoms with E-state index in [0.717, 1.165) is 0 Å². The summed E-state index contributed by atoms with van der Waals surface area (Å²) in [5, 5.41) is 3.46. The quantitative estimate of drug-likeness (QED) is 0.706. The van der Waals surface area contributed by atoms with Crippen LogP contribution in [0.25, 0.3) is 0 Å². The molecule has 2 aromatic carbocycles. The van der Waals surface area contributed by atoms with Crippen LogP contribution in [-0.4, -0.2) is 38.8 Å². The van der Waals surface area contributed by atoms with Gasteiger partial charge in [0.2, 0.25) is 15.9 Å². The lowest BCUT2D eigenvalue weighted by atomic mass is 9.98. The second-order valence-electron chi connectivity index (χ2n) is 6.84. The van der Waals surface area contributed by atoms with Crippen molar-refractivity contribution in [2.24, 2.45) is 5.92 Å². The van der Waals surface area contributed by atoms with Gasteiger partial charge in [-0.3, -0.25) is 4.79 Å². The summed E-state index contributed by atoms with van der Waals surface area (Å²) in [6.07, 6.45) is 1.21. The lowest BCUT2D eigenvalue weighted by Gasteiger charge is -2.31. The van der Waals surface area contributed by atoms with Gasteiger partial charge in [0.05, 0.1) is 24.5 Å². The number of carbonyl (C=O) groups excluding carboxylic acids is 1. The van der Waals surface area contributed by atoms with Gasteiger partial charge in [-0.05, 0) is 37.1 Å². The van der Waals surface area contributed by atoms with Crippen LogP contribution >= 0.6 is 23.2 Å². The number of amides is 1. The van der Waals surface area contributed by atoms with Crippen molar-refractivity contribution in [3.05, 3.63) is 58.1 Å². The highest BCUT2D eigenvalue weighted by atomic mass is 35.5. The molecular formula is C20H22Cl2N2O4S. The molecule has 0 radical (unpaired) electrons. The van der Waals surface area contributed by atoms with Gasteiger partial charge >= 0.3 is 0 Å². The molecule has 9 heteroatoms. The fourth-order valence-electron chi connectivity index (χ4n) is 3.34. The topological polar surface area (TPSA) is 75.7 Å². The van der Waals surface area contributed by atoms with Crippen LogP contribution < -0.4 is 10.1 Å². The molecule has 1 N–H and O–H groups in total. The second kappa shape index (κ2) is 9.34. The number of anilines is 1. The van der Waals surface area contributed by atoms with Crippen molar-refractivity contribution in [2.45, 2.75) is 18.6 Å². The monoisotopic (exact) mass is 456 g/mol. The average molecular weight is 457 g/mol. The van der Waals surface area contributed by atoms with Gasteiger partial charge in [0.1, 0.15) is 5.75 Å². The zero-order chi connectivity index (χ0) is 21.0. The van der Waals surface area contributed by atoms with E-state index in [1.165, 1.54) is 11.4 Å². The first-order valence-corrected chi connectivity index (χ1v) is 11.5. The van der Waals surface area contributed by atoms with Crippen molar-refractivity contribution in [1.82, 2.24) is 4.31 Å². The van der Waals surface area contributed by atoms with Crippen LogP contribution in [0.5, 0.6) is 5.75 Å². The molecule has 156 valence electrons. The number of nitrogens with zero attached hydrogens (tertiary/aromatic N) is 1. The molecular weight excluding hydrogens is 435 g/mol. The van der Waals surface area contributed by atoms with Crippen molar-refractivity contribution in [1.29, 1.82) is 0 Å². The Kier molecular flexibility index (Phi) is 7.05. The van der Waals surface area contributed by atoms with E-state index in [1.807, 2.05) is 6.07 Å². The average Bonchev–Trinajstić information content (AvgIpc) is 2.71. The molecule has 1 aliphatic heterocycles. The zero-order valence-corrected chi connectivity index (χ0v) is 18.2. The maximum atomic E-state index is 12.9. The van der Waals surface area contributed by atoms with Gasteiger partial charge in [0.15, 0.2) is 0 Å². The van der Waals surface area contributed by atoms with E-state index < -0.39 is 15.9 Å². The number of para-hydroxylation sites is 2. The zero-order valence-electron chi connectivity index (χ0n) is 15.9. The molecule has 1 atom stereocenters. The molecule has 3 rings (SSSR count). The summed E-state index contributed by atoms with van der Waals surface area (Å²) in [5.74, 6) is -0.434. The first-order valence-electron chi connectivity index (χ1n) is 9.16. The second-order valence-corrected chi connectivity index (χ2v) is 9.63. The maximum Gasteiger partial charge on any atom is 0.228 e. The minimum atomic E-state index is -3.67. The lowest BCUT2D eigenvalue weighted by molar-refractivity contribution is -0.120. The Balaban J connectivity index is 1.72. The summed E-state index contributed by atoms with van der Waals surface area (Å²) in [6, 6.07) is 12.0. The number of piperidine rings is 1. The summed E-state index contributed by atoms with van der Waals surface area (Å²) >= 11 is 12.3. The Morgan fingerprint density at radius 3 is 2.55 bits per heavy atom. The minimum absolute atomic E-state index is 0.116. The Morgan fingerprint density at radius 1 is 1.17 bits per heavy atom. The van der Waals surface area contributed by atoms with Crippen LogP contribution in [0.4, 0.5) is 5.69 Å². The summed E-state index contributed by atoms with van der Waals surface area (Å²) < 4.78 is 32.5. The molecule has 0 spiro atoms. The fraction of sp³-hybridized carbons (Fsp3) is 0.350. The van der Waals surface area contributed by atoms with Crippen molar-refractivity contribution < 1.29 is 17.9 Å². The van der Waals surface area contributed by atoms with Gasteiger partial charge in [-0.2, -0.15) is 0 Å². The molecule has 1 fully saturated rings. The molecule has 1 aliphatic rings. The summed E-state index contributed by atoms with van der Waals surface area (Å²) in [7, 11) is -2.15. The SMILES string of the molecule is COc1ccccc1NC(=O)[C@H]1CCCN(S(=O)(=O)Cc2c(Cl)cccc2Cl)C1. The number of ether oxygens (including phenoxy) is 1. The minimum Gasteiger partial charge on any atom is -0.495 e. The van der Waals surface area contributed by atoms with E-state index in [0.29, 0.717) is 46.4 Å². The van der Waals surface area contributed by atoms with Gasteiger partial charge in [-0.15, -0.1) is 0 Å². The molecule has 0 aliphatic carbocycles. The van der Waals surface area contributed by atoms with E-state index in [9.17, 15) is 13.2 Å². The third-order valence-electron chi connectivity index (χ3n) is 4.90. The van der Waals surface area contributed by atoms with Crippen LogP contribution in [-0.2, 0) is 20.6 Å². The van der Waals surface area contributed by atoms with E-state index >= 15 is 0 Å². The molecule has 1 amide bonds. The molecule has 1 saturated heterocycles. The third kappa shape index (κ3) is 5.22. The molecule has 0 saturated carbocycles. The predicted molar refractivity (Wildman–Crippen MR) is 115 cm³/mol. The van der Waals surface area contributed by atoms with Crippen molar-refractivity contribution in [3.8, 4) is 5.75 Å². The normalized spacial score (nSPS) is 17.7. The summed E-state index contributed by atoms with van der Waals surface area (Å²) in [5.41, 5.74) is 0.930. The Morgan fingerprint density at radius 2 is 1.86 bits per heavy atom. The maximum absolute atomic E-state index is 12.9. The first kappa shape index (κ1) is 21.9. The number of halogens is 2. The van der Waals surface area contributed by atoms with Gasteiger partial charge in [0, 0.05) is 28.7 Å². The van der Waals surface area contributed by atoms with E-state index in [-0.39, 0.29) is 18.2 Å².